The Labute approximate surface area is 129 Å². The molecule has 0 saturated carbocycles. The minimum absolute atomic E-state index is 0.260. The molecule has 0 aromatic carbocycles. The summed E-state index contributed by atoms with van der Waals surface area (Å²) in [5, 5.41) is 13.9. The molecule has 0 fully saturated rings. The molecule has 0 saturated heterocycles. The number of aliphatic carboxylic acids is 1. The summed E-state index contributed by atoms with van der Waals surface area (Å²) in [6.45, 7) is 7.67. The van der Waals surface area contributed by atoms with E-state index in [-0.39, 0.29) is 5.91 Å². The molecule has 1 aromatic rings. The lowest BCUT2D eigenvalue weighted by atomic mass is 9.86. The third-order valence-electron chi connectivity index (χ3n) is 4.03. The topological polar surface area (TPSA) is 66.4 Å². The minimum Gasteiger partial charge on any atom is -0.480 e. The highest BCUT2D eigenvalue weighted by molar-refractivity contribution is 7.10. The van der Waals surface area contributed by atoms with E-state index >= 15 is 0 Å². The maximum absolute atomic E-state index is 12.5. The van der Waals surface area contributed by atoms with Crippen molar-refractivity contribution in [1.29, 1.82) is 0 Å². The number of carboxylic acids is 1. The number of amides is 1. The molecule has 2 rings (SSSR count). The highest BCUT2D eigenvalue weighted by atomic mass is 32.1. The van der Waals surface area contributed by atoms with Crippen LogP contribution in [0.4, 0.5) is 0 Å². The van der Waals surface area contributed by atoms with Crippen LogP contribution in [-0.4, -0.2) is 23.0 Å². The third kappa shape index (κ3) is 3.46. The fourth-order valence-corrected chi connectivity index (χ4v) is 3.97. The van der Waals surface area contributed by atoms with Gasteiger partial charge in [-0.25, -0.2) is 4.79 Å². The Hall–Kier alpha value is -1.36. The van der Waals surface area contributed by atoms with Crippen LogP contribution in [0.2, 0.25) is 0 Å². The molecule has 0 bridgehead atoms. The largest absolute Gasteiger partial charge is 0.480 e. The summed E-state index contributed by atoms with van der Waals surface area (Å²) in [5.74, 6) is -0.591. The van der Waals surface area contributed by atoms with Crippen LogP contribution in [0.15, 0.2) is 5.38 Å². The zero-order valence-electron chi connectivity index (χ0n) is 13.0. The van der Waals surface area contributed by atoms with E-state index in [4.69, 9.17) is 0 Å². The predicted molar refractivity (Wildman–Crippen MR) is 83.9 cm³/mol. The SMILES string of the molecule is CC1CCc2c(C(=O)N[C@@H](C(=O)O)C(C)(C)C)csc2C1. The summed E-state index contributed by atoms with van der Waals surface area (Å²) in [7, 11) is 0. The Morgan fingerprint density at radius 3 is 2.67 bits per heavy atom. The molecule has 21 heavy (non-hydrogen) atoms. The number of nitrogens with one attached hydrogen (secondary N) is 1. The van der Waals surface area contributed by atoms with E-state index in [9.17, 15) is 14.7 Å². The molecule has 116 valence electrons. The van der Waals surface area contributed by atoms with Gasteiger partial charge in [-0.1, -0.05) is 27.7 Å². The molecular weight excluding hydrogens is 286 g/mol. The van der Waals surface area contributed by atoms with Crippen molar-refractivity contribution in [2.24, 2.45) is 11.3 Å². The number of fused-ring (bicyclic) bond motifs is 1. The summed E-state index contributed by atoms with van der Waals surface area (Å²) in [4.78, 5) is 25.1. The lowest BCUT2D eigenvalue weighted by Crippen LogP contribution is -2.49. The molecular formula is C16H23NO3S. The van der Waals surface area contributed by atoms with E-state index in [1.165, 1.54) is 4.88 Å². The first kappa shape index (κ1) is 16.0. The highest BCUT2D eigenvalue weighted by Crippen LogP contribution is 2.33. The first-order valence-electron chi connectivity index (χ1n) is 7.33. The average molecular weight is 309 g/mol. The molecule has 4 nitrogen and oxygen atoms in total. The Bertz CT molecular complexity index is 556. The number of hydrogen-bond donors (Lipinski definition) is 2. The number of carboxylic acid groups (broad SMARTS) is 1. The zero-order valence-corrected chi connectivity index (χ0v) is 13.8. The van der Waals surface area contributed by atoms with E-state index in [2.05, 4.69) is 12.2 Å². The summed E-state index contributed by atoms with van der Waals surface area (Å²) >= 11 is 1.62. The maximum atomic E-state index is 12.5. The van der Waals surface area contributed by atoms with Gasteiger partial charge >= 0.3 is 5.97 Å². The summed E-state index contributed by atoms with van der Waals surface area (Å²) in [5.41, 5.74) is 1.26. The van der Waals surface area contributed by atoms with Gasteiger partial charge in [-0.15, -0.1) is 11.3 Å². The van der Waals surface area contributed by atoms with Gasteiger partial charge in [0, 0.05) is 10.3 Å². The Kier molecular flexibility index (Phi) is 4.42. The van der Waals surface area contributed by atoms with E-state index in [1.54, 1.807) is 11.3 Å². The molecule has 0 spiro atoms. The molecule has 1 amide bonds. The van der Waals surface area contributed by atoms with Crippen molar-refractivity contribution in [2.75, 3.05) is 0 Å². The smallest absolute Gasteiger partial charge is 0.326 e. The van der Waals surface area contributed by atoms with Crippen LogP contribution in [0.3, 0.4) is 0 Å². The number of carbonyl (C=O) groups is 2. The van der Waals surface area contributed by atoms with E-state index < -0.39 is 17.4 Å². The maximum Gasteiger partial charge on any atom is 0.326 e. The van der Waals surface area contributed by atoms with Gasteiger partial charge < -0.3 is 10.4 Å². The lowest BCUT2D eigenvalue weighted by Gasteiger charge is -2.28. The molecule has 1 aliphatic rings. The van der Waals surface area contributed by atoms with Crippen molar-refractivity contribution < 1.29 is 14.7 Å². The molecule has 2 atom stereocenters. The summed E-state index contributed by atoms with van der Waals surface area (Å²) in [6.07, 6.45) is 3.02. The van der Waals surface area contributed by atoms with Crippen molar-refractivity contribution >= 4 is 23.2 Å². The van der Waals surface area contributed by atoms with Gasteiger partial charge in [0.25, 0.3) is 5.91 Å². The number of rotatable bonds is 3. The molecule has 1 aromatic heterocycles. The lowest BCUT2D eigenvalue weighted by molar-refractivity contribution is -0.142. The fraction of sp³-hybridized carbons (Fsp3) is 0.625. The van der Waals surface area contributed by atoms with Crippen LogP contribution in [0.5, 0.6) is 0 Å². The Morgan fingerprint density at radius 1 is 1.43 bits per heavy atom. The van der Waals surface area contributed by atoms with Gasteiger partial charge in [0.2, 0.25) is 0 Å². The zero-order chi connectivity index (χ0) is 15.8. The molecule has 1 aliphatic carbocycles. The Morgan fingerprint density at radius 2 is 2.10 bits per heavy atom. The molecule has 0 radical (unpaired) electrons. The van der Waals surface area contributed by atoms with Gasteiger partial charge in [-0.3, -0.25) is 4.79 Å². The second kappa shape index (κ2) is 5.79. The number of carbonyl (C=O) groups excluding carboxylic acids is 1. The minimum atomic E-state index is -0.992. The molecule has 1 unspecified atom stereocenters. The standard InChI is InChI=1S/C16H23NO3S/c1-9-5-6-10-11(8-21-12(10)7-9)14(18)17-13(15(19)20)16(2,3)4/h8-9,13H,5-7H2,1-4H3,(H,17,18)(H,19,20)/t9?,13-/m0/s1. The third-order valence-corrected chi connectivity index (χ3v) is 5.09. The van der Waals surface area contributed by atoms with E-state index in [0.717, 1.165) is 24.8 Å². The fourth-order valence-electron chi connectivity index (χ4n) is 2.73. The van der Waals surface area contributed by atoms with E-state index in [1.807, 2.05) is 26.2 Å². The normalized spacial score (nSPS) is 19.7. The quantitative estimate of drug-likeness (QED) is 0.901. The van der Waals surface area contributed by atoms with Gasteiger partial charge in [0.15, 0.2) is 0 Å². The van der Waals surface area contributed by atoms with Gasteiger partial charge in [0.1, 0.15) is 6.04 Å². The van der Waals surface area contributed by atoms with Crippen molar-refractivity contribution in [2.45, 2.75) is 53.0 Å². The van der Waals surface area contributed by atoms with Gasteiger partial charge in [0.05, 0.1) is 5.56 Å². The van der Waals surface area contributed by atoms with Gasteiger partial charge in [-0.2, -0.15) is 0 Å². The van der Waals surface area contributed by atoms with Crippen LogP contribution >= 0.6 is 11.3 Å². The second-order valence-electron chi connectivity index (χ2n) is 7.01. The van der Waals surface area contributed by atoms with Crippen molar-refractivity contribution in [1.82, 2.24) is 5.32 Å². The summed E-state index contributed by atoms with van der Waals surface area (Å²) in [6, 6.07) is -0.886. The van der Waals surface area contributed by atoms with Crippen LogP contribution < -0.4 is 5.32 Å². The average Bonchev–Trinajstić information content (AvgIpc) is 2.76. The first-order chi connectivity index (χ1) is 9.70. The van der Waals surface area contributed by atoms with Crippen molar-refractivity contribution in [3.8, 4) is 0 Å². The second-order valence-corrected chi connectivity index (χ2v) is 7.97. The highest BCUT2D eigenvalue weighted by Gasteiger charge is 2.34. The Balaban J connectivity index is 2.20. The van der Waals surface area contributed by atoms with Crippen LogP contribution in [0, 0.1) is 11.3 Å². The van der Waals surface area contributed by atoms with Crippen LogP contribution in [-0.2, 0) is 17.6 Å². The van der Waals surface area contributed by atoms with Crippen molar-refractivity contribution in [3.63, 3.8) is 0 Å². The number of thiophene rings is 1. The molecule has 0 aliphatic heterocycles. The van der Waals surface area contributed by atoms with Crippen LogP contribution in [0.1, 0.15) is 54.9 Å². The molecule has 5 heteroatoms. The summed E-state index contributed by atoms with van der Waals surface area (Å²) < 4.78 is 0. The molecule has 1 heterocycles. The number of hydrogen-bond acceptors (Lipinski definition) is 3. The van der Waals surface area contributed by atoms with Gasteiger partial charge in [-0.05, 0) is 36.2 Å². The first-order valence-corrected chi connectivity index (χ1v) is 8.21. The van der Waals surface area contributed by atoms with Crippen molar-refractivity contribution in [3.05, 3.63) is 21.4 Å². The predicted octanol–water partition coefficient (Wildman–Crippen LogP) is 3.10. The molecule has 2 N–H and O–H groups in total. The van der Waals surface area contributed by atoms with E-state index in [0.29, 0.717) is 11.5 Å². The van der Waals surface area contributed by atoms with Crippen LogP contribution in [0.25, 0.3) is 0 Å². The monoisotopic (exact) mass is 309 g/mol.